The number of carbonyl (C=O) groups excluding carboxylic acids is 1. The van der Waals surface area contributed by atoms with E-state index in [-0.39, 0.29) is 23.6 Å². The van der Waals surface area contributed by atoms with Gasteiger partial charge < -0.3 is 29.7 Å². The summed E-state index contributed by atoms with van der Waals surface area (Å²) in [5.41, 5.74) is 2.56. The van der Waals surface area contributed by atoms with E-state index in [2.05, 4.69) is 20.0 Å². The molecule has 3 heterocycles. The van der Waals surface area contributed by atoms with Gasteiger partial charge in [-0.2, -0.15) is 9.97 Å². The molecule has 42 heavy (non-hydrogen) atoms. The minimum Gasteiger partial charge on any atom is -0.462 e. The van der Waals surface area contributed by atoms with E-state index in [1.54, 1.807) is 63.2 Å². The van der Waals surface area contributed by atoms with E-state index < -0.39 is 48.4 Å². The first-order valence-electron chi connectivity index (χ1n) is 13.0. The van der Waals surface area contributed by atoms with E-state index in [1.165, 1.54) is 17.8 Å². The van der Waals surface area contributed by atoms with Crippen LogP contribution in [-0.2, 0) is 30.6 Å². The number of fused-ring (bicyclic) bond motifs is 2. The predicted octanol–water partition coefficient (Wildman–Crippen LogP) is 2.68. The lowest BCUT2D eigenvalue weighted by molar-refractivity contribution is -0.149. The van der Waals surface area contributed by atoms with Crippen LogP contribution in [0.15, 0.2) is 36.7 Å². The molecule has 0 radical (unpaired) electrons. The molecular weight excluding hydrogens is 612 g/mol. The van der Waals surface area contributed by atoms with Gasteiger partial charge in [0.25, 0.3) is 0 Å². The molecule has 0 amide bonds. The summed E-state index contributed by atoms with van der Waals surface area (Å²) >= 11 is 12.1. The van der Waals surface area contributed by atoms with Gasteiger partial charge in [-0.3, -0.25) is 13.9 Å². The van der Waals surface area contributed by atoms with Crippen molar-refractivity contribution >= 4 is 58.9 Å². The zero-order valence-electron chi connectivity index (χ0n) is 23.5. The van der Waals surface area contributed by atoms with Gasteiger partial charge in [0.05, 0.1) is 18.3 Å². The van der Waals surface area contributed by atoms with Gasteiger partial charge in [-0.25, -0.2) is 14.5 Å². The Morgan fingerprint density at radius 2 is 2.02 bits per heavy atom. The van der Waals surface area contributed by atoms with E-state index >= 15 is 4.39 Å². The maximum atomic E-state index is 16.3. The van der Waals surface area contributed by atoms with Crippen molar-refractivity contribution in [2.75, 3.05) is 30.6 Å². The van der Waals surface area contributed by atoms with Crippen LogP contribution in [0.1, 0.15) is 27.0 Å². The standard InChI is InChI=1S/C25H32ClFN7O6PS/c1-13(2)37-21(35)14(3)32-41(42,39-15-9-7-6-8-10-15)40-22-24(11-26)25(22,36)17(27)20(38-24)34-12-29-16-18(33(4)5)30-23(28)31-19(16)34/h6-10,12-14,17,20,22,36H,11H2,1-5H3,(H,32,42)(H2,28,30,31)/t14-,17-,20+,22?,24+,25+,41+/m0/s1. The van der Waals surface area contributed by atoms with Crippen LogP contribution < -0.4 is 20.2 Å². The molecule has 4 N–H and O–H groups in total. The van der Waals surface area contributed by atoms with Gasteiger partial charge >= 0.3 is 12.6 Å². The normalized spacial score (nSPS) is 28.7. The van der Waals surface area contributed by atoms with Gasteiger partial charge in [0.2, 0.25) is 5.95 Å². The number of nitrogens with one attached hydrogen (secondary N) is 1. The van der Waals surface area contributed by atoms with Gasteiger partial charge in [0.15, 0.2) is 35.0 Å². The number of hydrogen-bond donors (Lipinski definition) is 3. The van der Waals surface area contributed by atoms with Crippen molar-refractivity contribution < 1.29 is 32.8 Å². The maximum absolute atomic E-state index is 16.3. The van der Waals surface area contributed by atoms with Crippen LogP contribution in [0, 0.1) is 0 Å². The monoisotopic (exact) mass is 643 g/mol. The van der Waals surface area contributed by atoms with E-state index in [0.29, 0.717) is 17.1 Å². The van der Waals surface area contributed by atoms with Crippen molar-refractivity contribution in [2.24, 2.45) is 0 Å². The van der Waals surface area contributed by atoms with Crippen molar-refractivity contribution in [2.45, 2.75) is 62.6 Å². The molecule has 1 saturated carbocycles. The fourth-order valence-electron chi connectivity index (χ4n) is 4.96. The minimum absolute atomic E-state index is 0.0477. The fourth-order valence-corrected chi connectivity index (χ4v) is 8.11. The molecule has 1 aliphatic heterocycles. The number of carbonyl (C=O) groups is 1. The summed E-state index contributed by atoms with van der Waals surface area (Å²) in [6, 6.07) is 7.57. The van der Waals surface area contributed by atoms with E-state index in [4.69, 9.17) is 47.7 Å². The number of halogens is 2. The first-order valence-corrected chi connectivity index (χ1v) is 16.2. The summed E-state index contributed by atoms with van der Waals surface area (Å²) in [4.78, 5) is 27.0. The Morgan fingerprint density at radius 1 is 1.33 bits per heavy atom. The molecule has 1 saturated heterocycles. The van der Waals surface area contributed by atoms with Gasteiger partial charge in [-0.15, -0.1) is 11.6 Å². The Labute approximate surface area is 251 Å². The Hall–Kier alpha value is -2.65. The number of imidazole rings is 1. The molecule has 2 aromatic heterocycles. The average Bonchev–Trinajstić information content (AvgIpc) is 3.16. The molecule has 7 atom stereocenters. The molecule has 3 aromatic rings. The summed E-state index contributed by atoms with van der Waals surface area (Å²) in [6.45, 7) is 1.30. The maximum Gasteiger partial charge on any atom is 0.323 e. The molecule has 5 rings (SSSR count). The Morgan fingerprint density at radius 3 is 2.62 bits per heavy atom. The number of nitrogen functional groups attached to an aromatic ring is 1. The number of benzene rings is 1. The second-order valence-electron chi connectivity index (χ2n) is 10.6. The van der Waals surface area contributed by atoms with Gasteiger partial charge in [0, 0.05) is 14.1 Å². The third-order valence-electron chi connectivity index (χ3n) is 7.01. The second kappa shape index (κ2) is 11.1. The third kappa shape index (κ3) is 5.10. The Kier molecular flexibility index (Phi) is 8.16. The topological polar surface area (TPSA) is 159 Å². The van der Waals surface area contributed by atoms with E-state index in [0.717, 1.165) is 0 Å². The summed E-state index contributed by atoms with van der Waals surface area (Å²) in [5, 5.41) is 14.6. The highest BCUT2D eigenvalue weighted by atomic mass is 35.5. The first-order chi connectivity index (χ1) is 19.8. The van der Waals surface area contributed by atoms with E-state index in [1.807, 2.05) is 0 Å². The lowest BCUT2D eigenvalue weighted by atomic mass is 10.1. The quantitative estimate of drug-likeness (QED) is 0.159. The summed E-state index contributed by atoms with van der Waals surface area (Å²) in [6.07, 6.45) is -3.80. The van der Waals surface area contributed by atoms with Crippen molar-refractivity contribution in [3.05, 3.63) is 36.7 Å². The molecular formula is C25H32ClFN7O6PS. The minimum atomic E-state index is -3.65. The third-order valence-corrected chi connectivity index (χ3v) is 9.84. The number of ether oxygens (including phenoxy) is 2. The van der Waals surface area contributed by atoms with Crippen LogP contribution in [0.5, 0.6) is 5.75 Å². The van der Waals surface area contributed by atoms with Crippen LogP contribution in [0.25, 0.3) is 11.2 Å². The largest absolute Gasteiger partial charge is 0.462 e. The number of esters is 1. The highest BCUT2D eigenvalue weighted by molar-refractivity contribution is 8.09. The van der Waals surface area contributed by atoms with Crippen LogP contribution in [0.2, 0.25) is 0 Å². The van der Waals surface area contributed by atoms with Crippen LogP contribution >= 0.6 is 18.2 Å². The molecule has 1 aliphatic carbocycles. The Bertz CT molecular complexity index is 1530. The lowest BCUT2D eigenvalue weighted by Gasteiger charge is -2.29. The lowest BCUT2D eigenvalue weighted by Crippen LogP contribution is -2.38. The molecule has 1 unspecified atom stereocenters. The van der Waals surface area contributed by atoms with Crippen molar-refractivity contribution in [3.8, 4) is 5.75 Å². The van der Waals surface area contributed by atoms with Crippen LogP contribution in [0.4, 0.5) is 16.2 Å². The number of rotatable bonds is 11. The zero-order valence-corrected chi connectivity index (χ0v) is 25.9. The molecule has 13 nitrogen and oxygen atoms in total. The molecule has 0 spiro atoms. The molecule has 1 aromatic carbocycles. The smallest absolute Gasteiger partial charge is 0.323 e. The summed E-state index contributed by atoms with van der Waals surface area (Å²) in [5.74, 6) is -0.218. The number of alkyl halides is 2. The highest BCUT2D eigenvalue weighted by Gasteiger charge is 2.89. The predicted molar refractivity (Wildman–Crippen MR) is 158 cm³/mol. The number of para-hydroxylation sites is 1. The van der Waals surface area contributed by atoms with Crippen molar-refractivity contribution in [3.63, 3.8) is 0 Å². The number of aromatic nitrogens is 4. The van der Waals surface area contributed by atoms with Crippen LogP contribution in [0.3, 0.4) is 0 Å². The summed E-state index contributed by atoms with van der Waals surface area (Å²) in [7, 11) is 3.51. The number of nitrogens with two attached hydrogens (primary N) is 1. The number of hydrogen-bond acceptors (Lipinski definition) is 12. The molecule has 228 valence electrons. The second-order valence-corrected chi connectivity index (χ2v) is 14.0. The Balaban J connectivity index is 1.44. The van der Waals surface area contributed by atoms with Crippen LogP contribution in [-0.4, -0.2) is 86.2 Å². The molecule has 17 heteroatoms. The zero-order chi connectivity index (χ0) is 30.6. The number of aliphatic hydroxyl groups is 1. The van der Waals surface area contributed by atoms with E-state index in [9.17, 15) is 9.90 Å². The SMILES string of the molecule is CC(C)OC(=O)[C@H](C)N[P@@](=S)(Oc1ccccc1)OC1[C@@]2(CCl)O[C@@H](n3cnc4c(N(C)C)nc(N)nc43)[C@H](F)[C@@]12O. The fraction of sp³-hybridized carbons (Fsp3) is 0.520. The number of anilines is 2. The highest BCUT2D eigenvalue weighted by Crippen LogP contribution is 2.69. The first kappa shape index (κ1) is 30.8. The molecule has 2 fully saturated rings. The van der Waals surface area contributed by atoms with Gasteiger partial charge in [0.1, 0.15) is 23.5 Å². The number of nitrogens with zero attached hydrogens (tertiary/aromatic N) is 5. The van der Waals surface area contributed by atoms with Gasteiger partial charge in [-0.05, 0) is 44.7 Å². The molecule has 2 aliphatic rings. The average molecular weight is 644 g/mol. The van der Waals surface area contributed by atoms with Crippen molar-refractivity contribution in [1.82, 2.24) is 24.6 Å². The summed E-state index contributed by atoms with van der Waals surface area (Å²) < 4.78 is 41.2. The van der Waals surface area contributed by atoms with Crippen molar-refractivity contribution in [1.29, 1.82) is 0 Å². The van der Waals surface area contributed by atoms with Gasteiger partial charge in [-0.1, -0.05) is 18.2 Å². The molecule has 0 bridgehead atoms.